The molecule has 3 unspecified atom stereocenters. The van der Waals surface area contributed by atoms with Crippen LogP contribution in [0.3, 0.4) is 0 Å². The van der Waals surface area contributed by atoms with E-state index in [0.29, 0.717) is 5.84 Å². The predicted molar refractivity (Wildman–Crippen MR) is 76.7 cm³/mol. The van der Waals surface area contributed by atoms with E-state index >= 15 is 0 Å². The Morgan fingerprint density at radius 1 is 1.58 bits per heavy atom. The van der Waals surface area contributed by atoms with E-state index < -0.39 is 5.54 Å². The minimum absolute atomic E-state index is 0.254. The Kier molecular flexibility index (Phi) is 3.84. The molecule has 0 saturated heterocycles. The second-order valence-electron chi connectivity index (χ2n) is 5.73. The standard InChI is InChI=1S/C15H23N3O/c1-4-11(3)18-14(19)17-13(16)15(18)9-6-7-12(5-2)8-10-15/h1,11-12H,5-10H2,2-3H3,(H2,16,17,19). The van der Waals surface area contributed by atoms with Crippen LogP contribution in [0.5, 0.6) is 0 Å². The third kappa shape index (κ3) is 2.22. The van der Waals surface area contributed by atoms with Gasteiger partial charge in [-0.25, -0.2) is 4.79 Å². The van der Waals surface area contributed by atoms with Crippen LogP contribution in [0.4, 0.5) is 4.79 Å². The summed E-state index contributed by atoms with van der Waals surface area (Å²) >= 11 is 0. The highest BCUT2D eigenvalue weighted by atomic mass is 16.2. The van der Waals surface area contributed by atoms with Gasteiger partial charge in [-0.15, -0.1) is 6.42 Å². The number of hydrogen-bond acceptors (Lipinski definition) is 2. The van der Waals surface area contributed by atoms with Gasteiger partial charge in [0.25, 0.3) is 0 Å². The van der Waals surface area contributed by atoms with Crippen molar-refractivity contribution in [1.29, 1.82) is 0 Å². The number of aliphatic imine (C=N–C) groups is 1. The van der Waals surface area contributed by atoms with E-state index in [1.54, 1.807) is 4.90 Å². The van der Waals surface area contributed by atoms with Gasteiger partial charge in [0.1, 0.15) is 11.4 Å². The van der Waals surface area contributed by atoms with Crippen molar-refractivity contribution in [3.05, 3.63) is 0 Å². The normalized spacial score (nSPS) is 32.9. The van der Waals surface area contributed by atoms with Gasteiger partial charge in [0.2, 0.25) is 0 Å². The molecular formula is C15H23N3O. The number of nitrogens with two attached hydrogens (primary N) is 1. The Morgan fingerprint density at radius 3 is 2.95 bits per heavy atom. The zero-order valence-electron chi connectivity index (χ0n) is 11.9. The fourth-order valence-corrected chi connectivity index (χ4v) is 3.48. The van der Waals surface area contributed by atoms with Crippen LogP contribution in [-0.2, 0) is 0 Å². The molecule has 0 bridgehead atoms. The molecule has 19 heavy (non-hydrogen) atoms. The number of carbonyl (C=O) groups is 1. The van der Waals surface area contributed by atoms with E-state index in [1.165, 1.54) is 12.8 Å². The molecule has 3 atom stereocenters. The van der Waals surface area contributed by atoms with Gasteiger partial charge in [0, 0.05) is 0 Å². The maximum atomic E-state index is 12.1. The molecule has 2 N–H and O–H groups in total. The number of rotatable bonds is 2. The number of terminal acetylenes is 1. The quantitative estimate of drug-likeness (QED) is 0.776. The van der Waals surface area contributed by atoms with Crippen molar-refractivity contribution in [1.82, 2.24) is 4.90 Å². The van der Waals surface area contributed by atoms with E-state index in [1.807, 2.05) is 6.92 Å². The molecule has 1 saturated carbocycles. The summed E-state index contributed by atoms with van der Waals surface area (Å²) in [5.74, 6) is 3.85. The summed E-state index contributed by atoms with van der Waals surface area (Å²) in [6.45, 7) is 4.09. The van der Waals surface area contributed by atoms with Crippen molar-refractivity contribution in [2.24, 2.45) is 16.6 Å². The smallest absolute Gasteiger partial charge is 0.347 e. The molecule has 4 nitrogen and oxygen atoms in total. The minimum atomic E-state index is -0.424. The van der Waals surface area contributed by atoms with Crippen LogP contribution in [0, 0.1) is 18.3 Å². The highest BCUT2D eigenvalue weighted by Gasteiger charge is 2.50. The first kappa shape index (κ1) is 13.9. The van der Waals surface area contributed by atoms with Crippen molar-refractivity contribution in [2.45, 2.75) is 64.0 Å². The summed E-state index contributed by atoms with van der Waals surface area (Å²) in [6.07, 6.45) is 11.8. The van der Waals surface area contributed by atoms with Crippen molar-refractivity contribution in [2.75, 3.05) is 0 Å². The number of amides is 2. The van der Waals surface area contributed by atoms with Crippen LogP contribution in [-0.4, -0.2) is 28.3 Å². The summed E-state index contributed by atoms with van der Waals surface area (Å²) < 4.78 is 0. The molecule has 1 heterocycles. The van der Waals surface area contributed by atoms with Crippen LogP contribution in [0.1, 0.15) is 52.4 Å². The first-order valence-corrected chi connectivity index (χ1v) is 7.19. The van der Waals surface area contributed by atoms with Crippen LogP contribution in [0.15, 0.2) is 4.99 Å². The predicted octanol–water partition coefficient (Wildman–Crippen LogP) is 2.53. The highest BCUT2D eigenvalue weighted by molar-refractivity contribution is 6.06. The average molecular weight is 261 g/mol. The fraction of sp³-hybridized carbons (Fsp3) is 0.733. The lowest BCUT2D eigenvalue weighted by atomic mass is 9.86. The lowest BCUT2D eigenvalue weighted by Crippen LogP contribution is -2.56. The van der Waals surface area contributed by atoms with Crippen LogP contribution >= 0.6 is 0 Å². The third-order valence-corrected chi connectivity index (χ3v) is 4.73. The summed E-state index contributed by atoms with van der Waals surface area (Å²) in [5.41, 5.74) is 5.67. The van der Waals surface area contributed by atoms with E-state index in [9.17, 15) is 4.79 Å². The first-order valence-electron chi connectivity index (χ1n) is 7.19. The van der Waals surface area contributed by atoms with Crippen molar-refractivity contribution >= 4 is 11.9 Å². The molecule has 2 rings (SSSR count). The zero-order chi connectivity index (χ0) is 14.0. The van der Waals surface area contributed by atoms with Crippen LogP contribution < -0.4 is 5.73 Å². The zero-order valence-corrected chi connectivity index (χ0v) is 11.9. The lowest BCUT2D eigenvalue weighted by Gasteiger charge is -2.39. The molecule has 1 spiro atoms. The Bertz CT molecular complexity index is 437. The topological polar surface area (TPSA) is 58.7 Å². The molecule has 1 fully saturated rings. The van der Waals surface area contributed by atoms with Crippen LogP contribution in [0.2, 0.25) is 0 Å². The maximum Gasteiger partial charge on any atom is 0.347 e. The number of urea groups is 1. The van der Waals surface area contributed by atoms with E-state index in [4.69, 9.17) is 12.2 Å². The molecule has 2 aliphatic rings. The van der Waals surface area contributed by atoms with Gasteiger partial charge in [-0.2, -0.15) is 4.99 Å². The van der Waals surface area contributed by atoms with Crippen molar-refractivity contribution < 1.29 is 4.79 Å². The van der Waals surface area contributed by atoms with Crippen molar-refractivity contribution in [3.63, 3.8) is 0 Å². The summed E-state index contributed by atoms with van der Waals surface area (Å²) in [4.78, 5) is 17.8. The number of amidine groups is 1. The third-order valence-electron chi connectivity index (χ3n) is 4.73. The average Bonchev–Trinajstić information content (AvgIpc) is 2.57. The second kappa shape index (κ2) is 5.24. The van der Waals surface area contributed by atoms with E-state index in [2.05, 4.69) is 17.8 Å². The summed E-state index contributed by atoms with van der Waals surface area (Å²) in [5, 5.41) is 0. The second-order valence-corrected chi connectivity index (χ2v) is 5.73. The molecule has 2 amide bonds. The molecule has 0 aromatic carbocycles. The first-order chi connectivity index (χ1) is 9.05. The van der Waals surface area contributed by atoms with Gasteiger partial charge in [0.05, 0.1) is 6.04 Å². The Balaban J connectivity index is 2.30. The molecule has 1 aliphatic heterocycles. The molecule has 0 aromatic heterocycles. The molecule has 0 aromatic rings. The highest BCUT2D eigenvalue weighted by Crippen LogP contribution is 2.40. The molecule has 104 valence electrons. The summed E-state index contributed by atoms with van der Waals surface area (Å²) in [6, 6.07) is -0.520. The van der Waals surface area contributed by atoms with E-state index in [0.717, 1.165) is 31.6 Å². The van der Waals surface area contributed by atoms with Gasteiger partial charge < -0.3 is 5.73 Å². The number of carbonyl (C=O) groups excluding carboxylic acids is 1. The number of hydrogen-bond donors (Lipinski definition) is 1. The monoisotopic (exact) mass is 261 g/mol. The van der Waals surface area contributed by atoms with Gasteiger partial charge in [-0.3, -0.25) is 4.90 Å². The minimum Gasteiger partial charge on any atom is -0.385 e. The molecule has 1 aliphatic carbocycles. The molecule has 4 heteroatoms. The van der Waals surface area contributed by atoms with Gasteiger partial charge >= 0.3 is 6.03 Å². The molecular weight excluding hydrogens is 238 g/mol. The molecule has 0 radical (unpaired) electrons. The fourth-order valence-electron chi connectivity index (χ4n) is 3.48. The Hall–Kier alpha value is -1.50. The van der Waals surface area contributed by atoms with Gasteiger partial charge in [0.15, 0.2) is 0 Å². The number of nitrogens with zero attached hydrogens (tertiary/aromatic N) is 2. The SMILES string of the molecule is C#CC(C)N1C(=O)N=C(N)C12CCCC(CC)CC2. The maximum absolute atomic E-state index is 12.1. The van der Waals surface area contributed by atoms with Gasteiger partial charge in [-0.05, 0) is 32.1 Å². The van der Waals surface area contributed by atoms with E-state index in [-0.39, 0.29) is 12.1 Å². The van der Waals surface area contributed by atoms with Crippen LogP contribution in [0.25, 0.3) is 0 Å². The Morgan fingerprint density at radius 2 is 2.32 bits per heavy atom. The van der Waals surface area contributed by atoms with Gasteiger partial charge in [-0.1, -0.05) is 32.1 Å². The lowest BCUT2D eigenvalue weighted by molar-refractivity contribution is 0.146. The largest absolute Gasteiger partial charge is 0.385 e. The summed E-state index contributed by atoms with van der Waals surface area (Å²) in [7, 11) is 0. The van der Waals surface area contributed by atoms with Crippen molar-refractivity contribution in [3.8, 4) is 12.3 Å². The Labute approximate surface area is 115 Å².